The second kappa shape index (κ2) is 9.64. The van der Waals surface area contributed by atoms with Gasteiger partial charge in [-0.15, -0.1) is 0 Å². The molecule has 0 spiro atoms. The van der Waals surface area contributed by atoms with Crippen molar-refractivity contribution in [3.63, 3.8) is 0 Å². The van der Waals surface area contributed by atoms with Gasteiger partial charge < -0.3 is 19.1 Å². The maximum Gasteiger partial charge on any atom is 0.410 e. The molecule has 0 aliphatic carbocycles. The standard InChI is InChI=1S/C25H27N5O6S/c1-15(2)35-25(31)29-10-17-12-34-13-18(11-29)22(17)36-24-20(9-26)23(27-14-28-24)30-7-6-16-8-19(37(3,32)33)4-5-21(16)30/h4-8,14-15,17-18,22H,10-13H2,1-3H3/t17-,18+,22?. The van der Waals surface area contributed by atoms with Crippen LogP contribution in [-0.4, -0.2) is 78.7 Å². The van der Waals surface area contributed by atoms with Crippen molar-refractivity contribution in [3.05, 3.63) is 42.4 Å². The van der Waals surface area contributed by atoms with Crippen LogP contribution in [0.15, 0.2) is 41.7 Å². The third-order valence-electron chi connectivity index (χ3n) is 6.57. The van der Waals surface area contributed by atoms with Crippen molar-refractivity contribution in [2.75, 3.05) is 32.6 Å². The van der Waals surface area contributed by atoms with E-state index in [4.69, 9.17) is 14.2 Å². The Morgan fingerprint density at radius 3 is 2.57 bits per heavy atom. The third kappa shape index (κ3) is 4.84. The zero-order valence-electron chi connectivity index (χ0n) is 20.7. The van der Waals surface area contributed by atoms with Gasteiger partial charge in [0.15, 0.2) is 21.2 Å². The fraction of sp³-hybridized carbons (Fsp3) is 0.440. The quantitative estimate of drug-likeness (QED) is 0.492. The highest BCUT2D eigenvalue weighted by atomic mass is 32.2. The first-order valence-electron chi connectivity index (χ1n) is 11.9. The second-order valence-corrected chi connectivity index (χ2v) is 11.7. The van der Waals surface area contributed by atoms with Crippen molar-refractivity contribution in [1.82, 2.24) is 19.4 Å². The molecule has 2 saturated heterocycles. The van der Waals surface area contributed by atoms with E-state index < -0.39 is 9.84 Å². The third-order valence-corrected chi connectivity index (χ3v) is 7.68. The summed E-state index contributed by atoms with van der Waals surface area (Å²) in [5.74, 6) is 0.258. The van der Waals surface area contributed by atoms with Crippen LogP contribution >= 0.6 is 0 Å². The Labute approximate surface area is 214 Å². The minimum Gasteiger partial charge on any atom is -0.472 e. The van der Waals surface area contributed by atoms with Gasteiger partial charge in [0.25, 0.3) is 0 Å². The van der Waals surface area contributed by atoms with Gasteiger partial charge in [-0.2, -0.15) is 5.26 Å². The maximum atomic E-state index is 12.5. The number of carbonyl (C=O) groups is 1. The van der Waals surface area contributed by atoms with Crippen LogP contribution in [0.2, 0.25) is 0 Å². The van der Waals surface area contributed by atoms with Gasteiger partial charge in [0.1, 0.15) is 18.5 Å². The van der Waals surface area contributed by atoms with Gasteiger partial charge in [0, 0.05) is 42.8 Å². The van der Waals surface area contributed by atoms with Gasteiger partial charge >= 0.3 is 6.09 Å². The molecule has 1 amide bonds. The number of sulfone groups is 1. The van der Waals surface area contributed by atoms with E-state index in [2.05, 4.69) is 16.0 Å². The minimum atomic E-state index is -3.36. The molecule has 12 heteroatoms. The van der Waals surface area contributed by atoms with Crippen molar-refractivity contribution in [3.8, 4) is 17.8 Å². The topological polar surface area (TPSA) is 137 Å². The maximum absolute atomic E-state index is 12.5. The Bertz CT molecular complexity index is 1480. The predicted octanol–water partition coefficient (Wildman–Crippen LogP) is 2.57. The molecule has 2 bridgehead atoms. The van der Waals surface area contributed by atoms with Crippen LogP contribution in [0.3, 0.4) is 0 Å². The molecule has 0 saturated carbocycles. The number of amides is 1. The van der Waals surface area contributed by atoms with Gasteiger partial charge in [-0.25, -0.2) is 23.2 Å². The Morgan fingerprint density at radius 2 is 1.92 bits per heavy atom. The highest BCUT2D eigenvalue weighted by Crippen LogP contribution is 2.34. The lowest BCUT2D eigenvalue weighted by atomic mass is 9.84. The molecule has 2 aliphatic heterocycles. The monoisotopic (exact) mass is 525 g/mol. The van der Waals surface area contributed by atoms with Crippen LogP contribution in [0.4, 0.5) is 4.79 Å². The molecule has 2 aliphatic rings. The molecule has 194 valence electrons. The van der Waals surface area contributed by atoms with Gasteiger partial charge in [-0.05, 0) is 38.1 Å². The van der Waals surface area contributed by atoms with E-state index in [9.17, 15) is 18.5 Å². The summed E-state index contributed by atoms with van der Waals surface area (Å²) in [5, 5.41) is 10.8. The van der Waals surface area contributed by atoms with E-state index >= 15 is 0 Å². The smallest absolute Gasteiger partial charge is 0.410 e. The first-order valence-corrected chi connectivity index (χ1v) is 13.8. The van der Waals surface area contributed by atoms with E-state index in [1.54, 1.807) is 33.9 Å². The molecule has 1 aromatic carbocycles. The van der Waals surface area contributed by atoms with Crippen molar-refractivity contribution in [1.29, 1.82) is 5.26 Å². The lowest BCUT2D eigenvalue weighted by Gasteiger charge is -2.45. The average molecular weight is 526 g/mol. The first kappa shape index (κ1) is 25.0. The molecule has 0 N–H and O–H groups in total. The van der Waals surface area contributed by atoms with Crippen LogP contribution < -0.4 is 4.74 Å². The predicted molar refractivity (Wildman–Crippen MR) is 132 cm³/mol. The number of hydrogen-bond donors (Lipinski definition) is 0. The normalized spacial score (nSPS) is 21.6. The number of ether oxygens (including phenoxy) is 3. The number of piperidine rings is 1. The highest BCUT2D eigenvalue weighted by molar-refractivity contribution is 7.90. The lowest BCUT2D eigenvalue weighted by Crippen LogP contribution is -2.58. The van der Waals surface area contributed by atoms with E-state index in [0.29, 0.717) is 43.0 Å². The zero-order chi connectivity index (χ0) is 26.3. The molecule has 37 heavy (non-hydrogen) atoms. The van der Waals surface area contributed by atoms with Crippen LogP contribution in [0.1, 0.15) is 19.4 Å². The number of aromatic nitrogens is 3. The molecule has 2 fully saturated rings. The highest BCUT2D eigenvalue weighted by Gasteiger charge is 2.44. The van der Waals surface area contributed by atoms with Gasteiger partial charge in [0.2, 0.25) is 5.88 Å². The lowest BCUT2D eigenvalue weighted by molar-refractivity contribution is -0.111. The number of rotatable bonds is 5. The molecular weight excluding hydrogens is 498 g/mol. The molecule has 1 unspecified atom stereocenters. The number of nitriles is 1. The molecule has 3 atom stereocenters. The molecule has 5 rings (SSSR count). The van der Waals surface area contributed by atoms with Gasteiger partial charge in [-0.1, -0.05) is 0 Å². The Balaban J connectivity index is 1.44. The Kier molecular flexibility index (Phi) is 6.51. The molecule has 2 aromatic heterocycles. The number of benzene rings is 1. The number of carbonyl (C=O) groups excluding carboxylic acids is 1. The van der Waals surface area contributed by atoms with E-state index in [0.717, 1.165) is 6.26 Å². The summed E-state index contributed by atoms with van der Waals surface area (Å²) in [4.78, 5) is 23.0. The average Bonchev–Trinajstić information content (AvgIpc) is 3.26. The number of likely N-dealkylation sites (tertiary alicyclic amines) is 1. The number of hydrogen-bond acceptors (Lipinski definition) is 9. The molecule has 3 aromatic rings. The zero-order valence-corrected chi connectivity index (χ0v) is 21.5. The number of fused-ring (bicyclic) bond motifs is 3. The van der Waals surface area contributed by atoms with E-state index in [1.165, 1.54) is 12.4 Å². The fourth-order valence-corrected chi connectivity index (χ4v) is 5.57. The van der Waals surface area contributed by atoms with Crippen LogP contribution in [0.25, 0.3) is 16.7 Å². The first-order chi connectivity index (χ1) is 17.7. The summed E-state index contributed by atoms with van der Waals surface area (Å²) >= 11 is 0. The number of nitrogens with zero attached hydrogens (tertiary/aromatic N) is 5. The summed E-state index contributed by atoms with van der Waals surface area (Å²) < 4.78 is 43.1. The summed E-state index contributed by atoms with van der Waals surface area (Å²) in [5.41, 5.74) is 0.851. The van der Waals surface area contributed by atoms with Crippen molar-refractivity contribution < 1.29 is 27.4 Å². The van der Waals surface area contributed by atoms with Crippen LogP contribution in [0.5, 0.6) is 5.88 Å². The SMILES string of the molecule is CC(C)OC(=O)N1C[C@H]2COC[C@@H](C1)C2Oc1ncnc(-n2ccc3cc(S(C)(=O)=O)ccc32)c1C#N. The van der Waals surface area contributed by atoms with E-state index in [-0.39, 0.29) is 46.5 Å². The molecular formula is C25H27N5O6S. The van der Waals surface area contributed by atoms with Crippen molar-refractivity contribution >= 4 is 26.8 Å². The minimum absolute atomic E-state index is 0.112. The summed E-state index contributed by atoms with van der Waals surface area (Å²) in [7, 11) is -3.36. The van der Waals surface area contributed by atoms with E-state index in [1.807, 2.05) is 13.8 Å². The molecule has 11 nitrogen and oxygen atoms in total. The second-order valence-electron chi connectivity index (χ2n) is 9.65. The molecule has 0 radical (unpaired) electrons. The molecule has 4 heterocycles. The summed E-state index contributed by atoms with van der Waals surface area (Å²) in [6.07, 6.45) is 3.36. The summed E-state index contributed by atoms with van der Waals surface area (Å²) in [6, 6.07) is 8.74. The summed E-state index contributed by atoms with van der Waals surface area (Å²) in [6.45, 7) is 5.28. The van der Waals surface area contributed by atoms with Crippen LogP contribution in [0, 0.1) is 23.2 Å². The van der Waals surface area contributed by atoms with Crippen molar-refractivity contribution in [2.45, 2.75) is 31.0 Å². The Morgan fingerprint density at radius 1 is 1.19 bits per heavy atom. The van der Waals surface area contributed by atoms with Gasteiger partial charge in [-0.3, -0.25) is 4.57 Å². The fourth-order valence-electron chi connectivity index (χ4n) is 4.91. The van der Waals surface area contributed by atoms with Crippen LogP contribution in [-0.2, 0) is 19.3 Å². The Hall–Kier alpha value is -3.69. The van der Waals surface area contributed by atoms with Gasteiger partial charge in [0.05, 0.1) is 29.7 Å². The van der Waals surface area contributed by atoms with Crippen molar-refractivity contribution in [2.24, 2.45) is 11.8 Å². The largest absolute Gasteiger partial charge is 0.472 e.